The quantitative estimate of drug-likeness (QED) is 0.899. The number of piperazine rings is 1. The second-order valence-corrected chi connectivity index (χ2v) is 5.91. The number of nitrogens with one attached hydrogen (secondary N) is 1. The first-order valence-electron chi connectivity index (χ1n) is 6.49. The van der Waals surface area contributed by atoms with Crippen LogP contribution in [-0.4, -0.2) is 36.9 Å². The Morgan fingerprint density at radius 3 is 2.94 bits per heavy atom. The molecule has 1 fully saturated rings. The van der Waals surface area contributed by atoms with Crippen LogP contribution in [0.1, 0.15) is 18.9 Å². The number of anilines is 1. The largest absolute Gasteiger partial charge is 0.396 e. The molecule has 1 aromatic carbocycles. The number of rotatable bonds is 3. The smallest absolute Gasteiger partial charge is 0.0446 e. The van der Waals surface area contributed by atoms with Gasteiger partial charge in [-0.25, -0.2) is 0 Å². The summed E-state index contributed by atoms with van der Waals surface area (Å²) in [6.07, 6.45) is 0.818. The zero-order chi connectivity index (χ0) is 13.1. The molecule has 0 aromatic heterocycles. The first-order valence-corrected chi connectivity index (χ1v) is 7.28. The maximum atomic E-state index is 9.06. The van der Waals surface area contributed by atoms with Crippen molar-refractivity contribution >= 4 is 21.6 Å². The monoisotopic (exact) mass is 312 g/mol. The molecular weight excluding hydrogens is 292 g/mol. The molecule has 0 aliphatic carbocycles. The molecule has 0 spiro atoms. The summed E-state index contributed by atoms with van der Waals surface area (Å²) < 4.78 is 1.15. The van der Waals surface area contributed by atoms with Crippen molar-refractivity contribution in [1.82, 2.24) is 5.32 Å². The summed E-state index contributed by atoms with van der Waals surface area (Å²) in [6.45, 7) is 6.53. The highest BCUT2D eigenvalue weighted by Gasteiger charge is 2.24. The summed E-state index contributed by atoms with van der Waals surface area (Å²) in [7, 11) is 0. The van der Waals surface area contributed by atoms with Gasteiger partial charge in [0.1, 0.15) is 0 Å². The molecule has 0 saturated carbocycles. The number of aliphatic hydroxyl groups is 1. The fraction of sp³-hybridized carbons (Fsp3) is 0.571. The number of benzene rings is 1. The third-order valence-corrected chi connectivity index (χ3v) is 4.49. The van der Waals surface area contributed by atoms with Gasteiger partial charge in [-0.15, -0.1) is 0 Å². The van der Waals surface area contributed by atoms with Gasteiger partial charge in [0.25, 0.3) is 0 Å². The summed E-state index contributed by atoms with van der Waals surface area (Å²) in [5.41, 5.74) is 2.53. The highest BCUT2D eigenvalue weighted by molar-refractivity contribution is 9.10. The molecule has 1 aliphatic rings. The predicted octanol–water partition coefficient (Wildman–Crippen LogP) is 2.31. The van der Waals surface area contributed by atoms with Crippen LogP contribution in [0.15, 0.2) is 22.7 Å². The van der Waals surface area contributed by atoms with Crippen LogP contribution in [0.3, 0.4) is 0 Å². The summed E-state index contributed by atoms with van der Waals surface area (Å²) >= 11 is 3.54. The van der Waals surface area contributed by atoms with Crippen molar-refractivity contribution in [3.8, 4) is 0 Å². The van der Waals surface area contributed by atoms with Gasteiger partial charge in [-0.05, 0) is 44.0 Å². The molecule has 2 atom stereocenters. The first-order chi connectivity index (χ1) is 8.61. The number of aryl methyl sites for hydroxylation is 1. The van der Waals surface area contributed by atoms with Gasteiger partial charge >= 0.3 is 0 Å². The molecule has 2 rings (SSSR count). The molecule has 1 heterocycles. The van der Waals surface area contributed by atoms with Gasteiger partial charge in [-0.1, -0.05) is 15.9 Å². The molecule has 1 aliphatic heterocycles. The van der Waals surface area contributed by atoms with Crippen molar-refractivity contribution in [3.05, 3.63) is 28.2 Å². The van der Waals surface area contributed by atoms with Crippen molar-refractivity contribution in [1.29, 1.82) is 0 Å². The van der Waals surface area contributed by atoms with Crippen molar-refractivity contribution in [2.45, 2.75) is 32.4 Å². The van der Waals surface area contributed by atoms with Crippen molar-refractivity contribution in [3.63, 3.8) is 0 Å². The van der Waals surface area contributed by atoms with Gasteiger partial charge in [0, 0.05) is 41.9 Å². The minimum absolute atomic E-state index is 0.249. The van der Waals surface area contributed by atoms with Crippen LogP contribution in [-0.2, 0) is 0 Å². The zero-order valence-electron chi connectivity index (χ0n) is 11.0. The minimum Gasteiger partial charge on any atom is -0.396 e. The van der Waals surface area contributed by atoms with E-state index in [9.17, 15) is 0 Å². The number of halogens is 1. The Kier molecular flexibility index (Phi) is 4.65. The fourth-order valence-corrected chi connectivity index (χ4v) is 2.69. The molecule has 1 aromatic rings. The lowest BCUT2D eigenvalue weighted by Gasteiger charge is -2.40. The molecule has 4 heteroatoms. The summed E-state index contributed by atoms with van der Waals surface area (Å²) in [5.74, 6) is 0. The highest BCUT2D eigenvalue weighted by atomic mass is 79.9. The summed E-state index contributed by atoms with van der Waals surface area (Å²) in [5, 5.41) is 12.5. The lowest BCUT2D eigenvalue weighted by Crippen LogP contribution is -2.55. The van der Waals surface area contributed by atoms with Crippen LogP contribution < -0.4 is 10.2 Å². The van der Waals surface area contributed by atoms with Gasteiger partial charge in [-0.3, -0.25) is 0 Å². The van der Waals surface area contributed by atoms with E-state index in [4.69, 9.17) is 5.11 Å². The number of aliphatic hydroxyl groups excluding tert-OH is 1. The molecule has 3 nitrogen and oxygen atoms in total. The predicted molar refractivity (Wildman–Crippen MR) is 79.2 cm³/mol. The maximum absolute atomic E-state index is 9.06. The van der Waals surface area contributed by atoms with Gasteiger partial charge in [0.2, 0.25) is 0 Å². The Hall–Kier alpha value is -0.580. The molecule has 2 unspecified atom stereocenters. The fourth-order valence-electron chi connectivity index (χ4n) is 2.45. The number of hydrogen-bond acceptors (Lipinski definition) is 3. The number of nitrogens with zero attached hydrogens (tertiary/aromatic N) is 1. The topological polar surface area (TPSA) is 35.5 Å². The first kappa shape index (κ1) is 13.8. The van der Waals surface area contributed by atoms with Crippen LogP contribution in [0.4, 0.5) is 5.69 Å². The van der Waals surface area contributed by atoms with Gasteiger partial charge in [-0.2, -0.15) is 0 Å². The number of hydrogen-bond donors (Lipinski definition) is 2. The van der Waals surface area contributed by atoms with Crippen LogP contribution in [0, 0.1) is 6.92 Å². The molecule has 2 N–H and O–H groups in total. The minimum atomic E-state index is 0.249. The zero-order valence-corrected chi connectivity index (χ0v) is 12.6. The van der Waals surface area contributed by atoms with Crippen molar-refractivity contribution in [2.75, 3.05) is 24.6 Å². The van der Waals surface area contributed by atoms with Crippen molar-refractivity contribution in [2.24, 2.45) is 0 Å². The van der Waals surface area contributed by atoms with Crippen LogP contribution >= 0.6 is 15.9 Å². The third-order valence-electron chi connectivity index (χ3n) is 3.60. The highest BCUT2D eigenvalue weighted by Crippen LogP contribution is 2.25. The molecule has 18 heavy (non-hydrogen) atoms. The summed E-state index contributed by atoms with van der Waals surface area (Å²) in [4.78, 5) is 2.43. The Morgan fingerprint density at radius 2 is 2.28 bits per heavy atom. The summed E-state index contributed by atoms with van der Waals surface area (Å²) in [6, 6.07) is 7.37. The molecule has 0 radical (unpaired) electrons. The normalized spacial score (nSPS) is 24.3. The van der Waals surface area contributed by atoms with E-state index in [1.54, 1.807) is 0 Å². The second-order valence-electron chi connectivity index (χ2n) is 5.05. The standard InChI is InChI=1S/C14H21BrN2O/c1-10-7-13(3-4-14(10)15)17-9-12(5-6-18)16-8-11(17)2/h3-4,7,11-12,16,18H,5-6,8-9H2,1-2H3. The van der Waals surface area contributed by atoms with Gasteiger partial charge in [0.05, 0.1) is 0 Å². The Labute approximate surface area is 117 Å². The average Bonchev–Trinajstić information content (AvgIpc) is 2.35. The molecule has 1 saturated heterocycles. The lowest BCUT2D eigenvalue weighted by molar-refractivity contribution is 0.254. The van der Waals surface area contributed by atoms with E-state index in [-0.39, 0.29) is 6.61 Å². The van der Waals surface area contributed by atoms with Crippen LogP contribution in [0.25, 0.3) is 0 Å². The van der Waals surface area contributed by atoms with E-state index >= 15 is 0 Å². The van der Waals surface area contributed by atoms with Gasteiger partial charge < -0.3 is 15.3 Å². The SMILES string of the molecule is Cc1cc(N2CC(CCO)NCC2C)ccc1Br. The second kappa shape index (κ2) is 6.04. The Balaban J connectivity index is 2.16. The molecule has 0 bridgehead atoms. The third kappa shape index (κ3) is 3.05. The Morgan fingerprint density at radius 1 is 1.50 bits per heavy atom. The van der Waals surface area contributed by atoms with E-state index < -0.39 is 0 Å². The van der Waals surface area contributed by atoms with E-state index in [0.29, 0.717) is 12.1 Å². The van der Waals surface area contributed by atoms with E-state index in [1.165, 1.54) is 11.3 Å². The van der Waals surface area contributed by atoms with Crippen molar-refractivity contribution < 1.29 is 5.11 Å². The van der Waals surface area contributed by atoms with E-state index in [2.05, 4.69) is 58.2 Å². The maximum Gasteiger partial charge on any atom is 0.0446 e. The average molecular weight is 313 g/mol. The van der Waals surface area contributed by atoms with Gasteiger partial charge in [0.15, 0.2) is 0 Å². The molecular formula is C14H21BrN2O. The molecule has 100 valence electrons. The molecule has 0 amide bonds. The van der Waals surface area contributed by atoms with Crippen LogP contribution in [0.2, 0.25) is 0 Å². The van der Waals surface area contributed by atoms with Crippen LogP contribution in [0.5, 0.6) is 0 Å². The van der Waals surface area contributed by atoms with E-state index in [0.717, 1.165) is 24.0 Å². The lowest BCUT2D eigenvalue weighted by atomic mass is 10.1. The Bertz CT molecular complexity index is 411. The van der Waals surface area contributed by atoms with E-state index in [1.807, 2.05) is 0 Å².